The lowest BCUT2D eigenvalue weighted by Crippen LogP contribution is -2.17. The molecule has 0 amide bonds. The Morgan fingerprint density at radius 2 is 1.61 bits per heavy atom. The molecule has 1 heterocycles. The molecule has 0 fully saturated rings. The Balaban J connectivity index is 1.74. The molecule has 0 unspecified atom stereocenters. The van der Waals surface area contributed by atoms with Crippen molar-refractivity contribution >= 4 is 27.0 Å². The van der Waals surface area contributed by atoms with Crippen LogP contribution >= 0.6 is 0 Å². The van der Waals surface area contributed by atoms with Gasteiger partial charge in [-0.15, -0.1) is 0 Å². The third kappa shape index (κ3) is 3.57. The number of methoxy groups -OCH3 is 1. The number of nitrogens with zero attached hydrogens (tertiary/aromatic N) is 2. The second-order valence-electron chi connectivity index (χ2n) is 6.28. The maximum Gasteiger partial charge on any atom is 0.264 e. The number of sulfonamides is 1. The Labute approximate surface area is 163 Å². The highest BCUT2D eigenvalue weighted by atomic mass is 32.2. The van der Waals surface area contributed by atoms with Crippen molar-refractivity contribution in [2.75, 3.05) is 11.8 Å². The summed E-state index contributed by atoms with van der Waals surface area (Å²) >= 11 is 0. The molecule has 28 heavy (non-hydrogen) atoms. The number of benzene rings is 3. The zero-order valence-electron chi connectivity index (χ0n) is 15.2. The Bertz CT molecular complexity index is 1200. The summed E-state index contributed by atoms with van der Waals surface area (Å²) in [4.78, 5) is 4.65. The number of fused-ring (bicyclic) bond motifs is 1. The molecule has 6 nitrogen and oxygen atoms in total. The molecule has 0 saturated carbocycles. The minimum absolute atomic E-state index is 0.145. The van der Waals surface area contributed by atoms with Crippen molar-refractivity contribution in [2.24, 2.45) is 0 Å². The SMILES string of the molecule is COc1ccc(S(=O)(=O)Nc2nc3ccccc3n2Cc2ccccc2)cc1. The van der Waals surface area contributed by atoms with E-state index in [1.807, 2.05) is 59.2 Å². The fourth-order valence-corrected chi connectivity index (χ4v) is 4.02. The van der Waals surface area contributed by atoms with E-state index in [1.54, 1.807) is 12.1 Å². The summed E-state index contributed by atoms with van der Waals surface area (Å²) in [6.45, 7) is 0.502. The maximum atomic E-state index is 12.9. The highest BCUT2D eigenvalue weighted by Crippen LogP contribution is 2.24. The second kappa shape index (κ2) is 7.36. The summed E-state index contributed by atoms with van der Waals surface area (Å²) in [5, 5.41) is 0. The number of hydrogen-bond donors (Lipinski definition) is 1. The summed E-state index contributed by atoms with van der Waals surface area (Å²) in [6.07, 6.45) is 0. The van der Waals surface area contributed by atoms with E-state index < -0.39 is 10.0 Å². The van der Waals surface area contributed by atoms with Gasteiger partial charge in [0.05, 0.1) is 29.6 Å². The van der Waals surface area contributed by atoms with Crippen molar-refractivity contribution in [2.45, 2.75) is 11.4 Å². The van der Waals surface area contributed by atoms with Crippen LogP contribution in [0.5, 0.6) is 5.75 Å². The number of aromatic nitrogens is 2. The topological polar surface area (TPSA) is 73.2 Å². The molecule has 3 aromatic carbocycles. The van der Waals surface area contributed by atoms with Gasteiger partial charge < -0.3 is 9.30 Å². The molecule has 142 valence electrons. The largest absolute Gasteiger partial charge is 0.497 e. The molecule has 1 aromatic heterocycles. The van der Waals surface area contributed by atoms with Gasteiger partial charge in [0, 0.05) is 0 Å². The lowest BCUT2D eigenvalue weighted by Gasteiger charge is -2.12. The standard InChI is InChI=1S/C21H19N3O3S/c1-27-17-11-13-18(14-12-17)28(25,26)23-21-22-19-9-5-6-10-20(19)24(21)15-16-7-3-2-4-8-16/h2-14H,15H2,1H3,(H,22,23). The minimum Gasteiger partial charge on any atom is -0.497 e. The summed E-state index contributed by atoms with van der Waals surface area (Å²) in [5.41, 5.74) is 2.64. The van der Waals surface area contributed by atoms with Gasteiger partial charge in [-0.25, -0.2) is 18.1 Å². The normalized spacial score (nSPS) is 11.5. The lowest BCUT2D eigenvalue weighted by atomic mass is 10.2. The summed E-state index contributed by atoms with van der Waals surface area (Å²) in [7, 11) is -2.25. The van der Waals surface area contributed by atoms with E-state index in [1.165, 1.54) is 19.2 Å². The number of hydrogen-bond acceptors (Lipinski definition) is 4. The summed E-state index contributed by atoms with van der Waals surface area (Å²) in [5.74, 6) is 0.871. The van der Waals surface area contributed by atoms with Crippen molar-refractivity contribution in [3.05, 3.63) is 84.4 Å². The van der Waals surface area contributed by atoms with Gasteiger partial charge in [-0.05, 0) is 42.0 Å². The van der Waals surface area contributed by atoms with E-state index in [4.69, 9.17) is 4.74 Å². The molecule has 0 aliphatic rings. The van der Waals surface area contributed by atoms with Gasteiger partial charge in [-0.2, -0.15) is 0 Å². The highest BCUT2D eigenvalue weighted by molar-refractivity contribution is 7.92. The van der Waals surface area contributed by atoms with Crippen LogP contribution in [0.3, 0.4) is 0 Å². The first-order valence-electron chi connectivity index (χ1n) is 8.73. The monoisotopic (exact) mass is 393 g/mol. The second-order valence-corrected chi connectivity index (χ2v) is 7.96. The smallest absolute Gasteiger partial charge is 0.264 e. The molecule has 4 aromatic rings. The van der Waals surface area contributed by atoms with Gasteiger partial charge >= 0.3 is 0 Å². The Morgan fingerprint density at radius 1 is 0.929 bits per heavy atom. The van der Waals surface area contributed by atoms with Crippen LogP contribution < -0.4 is 9.46 Å². The van der Waals surface area contributed by atoms with Crippen molar-refractivity contribution in [1.82, 2.24) is 9.55 Å². The molecule has 0 spiro atoms. The molecule has 0 aliphatic heterocycles. The molecule has 4 rings (SSSR count). The average molecular weight is 393 g/mol. The fraction of sp³-hybridized carbons (Fsp3) is 0.0952. The quantitative estimate of drug-likeness (QED) is 0.539. The molecule has 0 atom stereocenters. The predicted molar refractivity (Wildman–Crippen MR) is 109 cm³/mol. The molecule has 7 heteroatoms. The van der Waals surface area contributed by atoms with Crippen LogP contribution in [0, 0.1) is 0 Å². The van der Waals surface area contributed by atoms with Crippen LogP contribution in [0.25, 0.3) is 11.0 Å². The number of ether oxygens (including phenoxy) is 1. The number of para-hydroxylation sites is 2. The van der Waals surface area contributed by atoms with Crippen LogP contribution in [-0.4, -0.2) is 25.1 Å². The van der Waals surface area contributed by atoms with E-state index in [0.29, 0.717) is 12.3 Å². The van der Waals surface area contributed by atoms with Crippen molar-refractivity contribution in [3.8, 4) is 5.75 Å². The van der Waals surface area contributed by atoms with E-state index in [2.05, 4.69) is 9.71 Å². The Hall–Kier alpha value is -3.32. The number of rotatable bonds is 6. The molecule has 1 N–H and O–H groups in total. The molecule has 0 saturated heterocycles. The molecule has 0 bridgehead atoms. The van der Waals surface area contributed by atoms with Crippen molar-refractivity contribution < 1.29 is 13.2 Å². The van der Waals surface area contributed by atoms with Gasteiger partial charge in [0.1, 0.15) is 5.75 Å². The van der Waals surface area contributed by atoms with E-state index in [9.17, 15) is 8.42 Å². The van der Waals surface area contributed by atoms with Crippen LogP contribution in [0.1, 0.15) is 5.56 Å². The van der Waals surface area contributed by atoms with Crippen LogP contribution in [0.4, 0.5) is 5.95 Å². The number of anilines is 1. The summed E-state index contributed by atoms with van der Waals surface area (Å²) < 4.78 is 35.3. The summed E-state index contributed by atoms with van der Waals surface area (Å²) in [6, 6.07) is 23.7. The van der Waals surface area contributed by atoms with Gasteiger partial charge in [0.2, 0.25) is 5.95 Å². The minimum atomic E-state index is -3.79. The van der Waals surface area contributed by atoms with Crippen molar-refractivity contribution in [3.63, 3.8) is 0 Å². The first-order chi connectivity index (χ1) is 13.6. The molecule has 0 radical (unpaired) electrons. The fourth-order valence-electron chi connectivity index (χ4n) is 3.01. The Kier molecular flexibility index (Phi) is 4.75. The van der Waals surface area contributed by atoms with Gasteiger partial charge in [0.15, 0.2) is 0 Å². The van der Waals surface area contributed by atoms with Gasteiger partial charge in [0.25, 0.3) is 10.0 Å². The zero-order chi connectivity index (χ0) is 19.6. The molecule has 0 aliphatic carbocycles. The predicted octanol–water partition coefficient (Wildman–Crippen LogP) is 3.89. The van der Waals surface area contributed by atoms with Gasteiger partial charge in [-0.3, -0.25) is 0 Å². The Morgan fingerprint density at radius 3 is 2.32 bits per heavy atom. The van der Waals surface area contributed by atoms with Crippen molar-refractivity contribution in [1.29, 1.82) is 0 Å². The van der Waals surface area contributed by atoms with Crippen LogP contribution in [-0.2, 0) is 16.6 Å². The molecular formula is C21H19N3O3S. The van der Waals surface area contributed by atoms with E-state index >= 15 is 0 Å². The number of imidazole rings is 1. The third-order valence-electron chi connectivity index (χ3n) is 4.43. The van der Waals surface area contributed by atoms with E-state index in [-0.39, 0.29) is 10.8 Å². The lowest BCUT2D eigenvalue weighted by molar-refractivity contribution is 0.414. The first kappa shape index (κ1) is 18.1. The van der Waals surface area contributed by atoms with E-state index in [0.717, 1.165) is 16.6 Å². The maximum absolute atomic E-state index is 12.9. The highest BCUT2D eigenvalue weighted by Gasteiger charge is 2.19. The average Bonchev–Trinajstić information content (AvgIpc) is 3.05. The third-order valence-corrected chi connectivity index (χ3v) is 5.78. The zero-order valence-corrected chi connectivity index (χ0v) is 16.1. The van der Waals surface area contributed by atoms with Crippen LogP contribution in [0.15, 0.2) is 83.8 Å². The number of nitrogens with one attached hydrogen (secondary N) is 1. The van der Waals surface area contributed by atoms with Crippen LogP contribution in [0.2, 0.25) is 0 Å². The first-order valence-corrected chi connectivity index (χ1v) is 10.2. The molecular weight excluding hydrogens is 374 g/mol. The van der Waals surface area contributed by atoms with Gasteiger partial charge in [-0.1, -0.05) is 42.5 Å².